The Hall–Kier alpha value is -7.50. The quantitative estimate of drug-likeness (QED) is 0.179. The van der Waals surface area contributed by atoms with Crippen LogP contribution >= 0.6 is 0 Å². The molecule has 0 saturated heterocycles. The van der Waals surface area contributed by atoms with Crippen molar-refractivity contribution in [1.82, 2.24) is 24.3 Å². The van der Waals surface area contributed by atoms with Crippen molar-refractivity contribution < 1.29 is 0 Å². The Morgan fingerprint density at radius 1 is 0.382 bits per heavy atom. The van der Waals surface area contributed by atoms with E-state index in [-0.39, 0.29) is 0 Å². The van der Waals surface area contributed by atoms with Gasteiger partial charge in [-0.25, -0.2) is 19.9 Å². The number of imidazole rings is 1. The van der Waals surface area contributed by atoms with Gasteiger partial charge in [-0.1, -0.05) is 158 Å². The number of benzene rings is 7. The van der Waals surface area contributed by atoms with Gasteiger partial charge in [0.2, 0.25) is 0 Å². The zero-order chi connectivity index (χ0) is 36.3. The van der Waals surface area contributed by atoms with E-state index in [9.17, 15) is 0 Å². The predicted molar refractivity (Wildman–Crippen MR) is 226 cm³/mol. The fraction of sp³-hybridized carbons (Fsp3) is 0. The molecule has 11 rings (SSSR count). The summed E-state index contributed by atoms with van der Waals surface area (Å²) in [6.07, 6.45) is 2.06. The third kappa shape index (κ3) is 5.24. The molecule has 4 aromatic heterocycles. The molecule has 256 valence electrons. The molecule has 0 aliphatic heterocycles. The molecule has 0 atom stereocenters. The molecule has 4 heterocycles. The highest BCUT2D eigenvalue weighted by molar-refractivity contribution is 6.09. The molecular weight excluding hydrogens is 671 g/mol. The van der Waals surface area contributed by atoms with Crippen LogP contribution in [0.1, 0.15) is 0 Å². The van der Waals surface area contributed by atoms with Gasteiger partial charge in [-0.15, -0.1) is 0 Å². The highest BCUT2D eigenvalue weighted by Crippen LogP contribution is 2.36. The summed E-state index contributed by atoms with van der Waals surface area (Å²) in [6, 6.07) is 63.5. The number of para-hydroxylation sites is 1. The minimum atomic E-state index is 0.708. The molecule has 7 aromatic carbocycles. The Morgan fingerprint density at radius 2 is 0.945 bits per heavy atom. The van der Waals surface area contributed by atoms with Crippen LogP contribution in [0.5, 0.6) is 0 Å². The summed E-state index contributed by atoms with van der Waals surface area (Å²) in [5.74, 6) is 0.708. The van der Waals surface area contributed by atoms with Gasteiger partial charge in [0.1, 0.15) is 11.2 Å². The van der Waals surface area contributed by atoms with Gasteiger partial charge in [-0.05, 0) is 56.9 Å². The Morgan fingerprint density at radius 3 is 1.69 bits per heavy atom. The number of fused-ring (bicyclic) bond motifs is 7. The molecule has 55 heavy (non-hydrogen) atoms. The molecule has 0 saturated carbocycles. The van der Waals surface area contributed by atoms with Gasteiger partial charge >= 0.3 is 0 Å². The molecule has 0 bridgehead atoms. The lowest BCUT2D eigenvalue weighted by molar-refractivity contribution is 1.19. The topological polar surface area (TPSA) is 56.0 Å². The van der Waals surface area contributed by atoms with E-state index in [1.165, 1.54) is 10.8 Å². The zero-order valence-electron chi connectivity index (χ0n) is 29.6. The second-order valence-electron chi connectivity index (χ2n) is 13.9. The molecular formula is C50H31N5. The molecule has 0 aliphatic rings. The molecule has 5 heteroatoms. The lowest BCUT2D eigenvalue weighted by Gasteiger charge is -2.13. The van der Waals surface area contributed by atoms with E-state index in [4.69, 9.17) is 19.9 Å². The number of pyridine rings is 2. The van der Waals surface area contributed by atoms with E-state index in [0.717, 1.165) is 88.8 Å². The zero-order valence-corrected chi connectivity index (χ0v) is 29.6. The maximum atomic E-state index is 5.23. The largest absolute Gasteiger partial charge is 0.298 e. The monoisotopic (exact) mass is 701 g/mol. The van der Waals surface area contributed by atoms with Gasteiger partial charge in [0.25, 0.3) is 0 Å². The molecule has 0 N–H and O–H groups in total. The fourth-order valence-electron chi connectivity index (χ4n) is 7.93. The van der Waals surface area contributed by atoms with Gasteiger partial charge in [-0.3, -0.25) is 4.40 Å². The van der Waals surface area contributed by atoms with Crippen LogP contribution in [-0.4, -0.2) is 24.3 Å². The van der Waals surface area contributed by atoms with Crippen molar-refractivity contribution in [2.24, 2.45) is 0 Å². The van der Waals surface area contributed by atoms with Crippen molar-refractivity contribution in [1.29, 1.82) is 0 Å². The average Bonchev–Trinajstić information content (AvgIpc) is 3.66. The highest BCUT2D eigenvalue weighted by Gasteiger charge is 2.17. The number of nitrogens with zero attached hydrogens (tertiary/aromatic N) is 5. The maximum absolute atomic E-state index is 5.23. The van der Waals surface area contributed by atoms with E-state index in [0.29, 0.717) is 5.82 Å². The van der Waals surface area contributed by atoms with Crippen molar-refractivity contribution in [3.05, 3.63) is 188 Å². The lowest BCUT2D eigenvalue weighted by Crippen LogP contribution is -1.97. The number of hydrogen-bond donors (Lipinski definition) is 0. The molecule has 11 aromatic rings. The maximum Gasteiger partial charge on any atom is 0.161 e. The van der Waals surface area contributed by atoms with Crippen LogP contribution in [0.3, 0.4) is 0 Å². The second kappa shape index (κ2) is 12.6. The summed E-state index contributed by atoms with van der Waals surface area (Å²) in [5.41, 5.74) is 12.9. The Bertz CT molecular complexity index is 3150. The molecule has 0 unspecified atom stereocenters. The molecule has 0 radical (unpaired) electrons. The van der Waals surface area contributed by atoms with Gasteiger partial charge in [0.05, 0.1) is 28.1 Å². The molecule has 0 fully saturated rings. The number of rotatable bonds is 5. The van der Waals surface area contributed by atoms with E-state index < -0.39 is 0 Å². The van der Waals surface area contributed by atoms with E-state index in [1.807, 2.05) is 30.3 Å². The van der Waals surface area contributed by atoms with Gasteiger partial charge in [0, 0.05) is 33.8 Å². The number of aromatic nitrogens is 5. The predicted octanol–water partition coefficient (Wildman–Crippen LogP) is 12.5. The normalized spacial score (nSPS) is 11.6. The third-order valence-corrected chi connectivity index (χ3v) is 10.6. The van der Waals surface area contributed by atoms with Crippen LogP contribution in [0.15, 0.2) is 188 Å². The first-order valence-corrected chi connectivity index (χ1v) is 18.5. The van der Waals surface area contributed by atoms with E-state index in [2.05, 4.69) is 162 Å². The lowest BCUT2D eigenvalue weighted by atomic mass is 9.98. The van der Waals surface area contributed by atoms with Crippen LogP contribution in [0.2, 0.25) is 0 Å². The van der Waals surface area contributed by atoms with Crippen molar-refractivity contribution in [2.45, 2.75) is 0 Å². The molecule has 0 aliphatic carbocycles. The van der Waals surface area contributed by atoms with Crippen molar-refractivity contribution >= 4 is 49.1 Å². The average molecular weight is 702 g/mol. The Kier molecular flexibility index (Phi) is 7.10. The summed E-state index contributed by atoms with van der Waals surface area (Å²) >= 11 is 0. The second-order valence-corrected chi connectivity index (χ2v) is 13.9. The van der Waals surface area contributed by atoms with Crippen LogP contribution < -0.4 is 0 Å². The first-order chi connectivity index (χ1) is 27.2. The molecule has 5 nitrogen and oxygen atoms in total. The van der Waals surface area contributed by atoms with Crippen LogP contribution in [0.25, 0.3) is 105 Å². The smallest absolute Gasteiger partial charge is 0.161 e. The van der Waals surface area contributed by atoms with Crippen LogP contribution in [0, 0.1) is 0 Å². The Balaban J connectivity index is 0.995. The molecule has 0 amide bonds. The van der Waals surface area contributed by atoms with Gasteiger partial charge < -0.3 is 0 Å². The minimum Gasteiger partial charge on any atom is -0.298 e. The first kappa shape index (κ1) is 31.1. The summed E-state index contributed by atoms with van der Waals surface area (Å²) in [6.45, 7) is 0. The van der Waals surface area contributed by atoms with Crippen LogP contribution in [-0.2, 0) is 0 Å². The summed E-state index contributed by atoms with van der Waals surface area (Å²) in [5, 5.41) is 5.69. The van der Waals surface area contributed by atoms with Gasteiger partial charge in [-0.2, -0.15) is 0 Å². The summed E-state index contributed by atoms with van der Waals surface area (Å²) in [7, 11) is 0. The number of hydrogen-bond acceptors (Lipinski definition) is 4. The van der Waals surface area contributed by atoms with E-state index >= 15 is 0 Å². The van der Waals surface area contributed by atoms with Crippen molar-refractivity contribution in [3.63, 3.8) is 0 Å². The summed E-state index contributed by atoms with van der Waals surface area (Å²) < 4.78 is 2.14. The standard InChI is InChI=1S/C50H31N5/c1-3-15-38-34(11-1)13-9-18-40(38)45-31-44(52-50(53-45)41-19-10-14-35-12-2-4-16-39(35)41)36-26-22-32(23-27-36)33-24-28-37(29-25-33)47-49-48(42-17-5-6-20-43(42)51-47)54-46-21-7-8-30-55(46)49/h1-31H. The summed E-state index contributed by atoms with van der Waals surface area (Å²) in [4.78, 5) is 20.6. The van der Waals surface area contributed by atoms with Crippen molar-refractivity contribution in [2.75, 3.05) is 0 Å². The SMILES string of the molecule is c1ccc2c(-c3cc(-c4ccc(-c5ccc(-c6nc7ccccc7c7nc8ccccn8c67)cc5)cc4)nc(-c4cccc5ccccc45)n3)cccc2c1. The highest BCUT2D eigenvalue weighted by atomic mass is 15.0. The van der Waals surface area contributed by atoms with Crippen molar-refractivity contribution in [3.8, 4) is 56.3 Å². The van der Waals surface area contributed by atoms with E-state index in [1.54, 1.807) is 0 Å². The Labute approximate surface area is 316 Å². The fourth-order valence-corrected chi connectivity index (χ4v) is 7.93. The molecule has 0 spiro atoms. The van der Waals surface area contributed by atoms with Crippen LogP contribution in [0.4, 0.5) is 0 Å². The first-order valence-electron chi connectivity index (χ1n) is 18.5. The van der Waals surface area contributed by atoms with Gasteiger partial charge in [0.15, 0.2) is 5.82 Å². The third-order valence-electron chi connectivity index (χ3n) is 10.6. The minimum absolute atomic E-state index is 0.708.